The summed E-state index contributed by atoms with van der Waals surface area (Å²) in [6.45, 7) is 1.60. The highest BCUT2D eigenvalue weighted by molar-refractivity contribution is 7.09. The fourth-order valence-electron chi connectivity index (χ4n) is 1.60. The summed E-state index contributed by atoms with van der Waals surface area (Å²) in [6.07, 6.45) is 3.23. The van der Waals surface area contributed by atoms with Gasteiger partial charge in [-0.05, 0) is 19.1 Å². The third-order valence-electron chi connectivity index (χ3n) is 2.49. The summed E-state index contributed by atoms with van der Waals surface area (Å²) in [7, 11) is 0. The molecule has 20 heavy (non-hydrogen) atoms. The Morgan fingerprint density at radius 3 is 3.05 bits per heavy atom. The van der Waals surface area contributed by atoms with Crippen LogP contribution in [0.25, 0.3) is 0 Å². The highest BCUT2D eigenvalue weighted by Crippen LogP contribution is 2.15. The molecule has 2 N–H and O–H groups in total. The van der Waals surface area contributed by atoms with Gasteiger partial charge in [0.25, 0.3) is 5.91 Å². The first-order valence-corrected chi connectivity index (χ1v) is 6.85. The SMILES string of the molecule is CC(NC(=O)c1ncccc1C#CCO)c1nccs1. The van der Waals surface area contributed by atoms with E-state index >= 15 is 0 Å². The molecule has 0 bridgehead atoms. The number of pyridine rings is 1. The molecule has 1 atom stereocenters. The monoisotopic (exact) mass is 287 g/mol. The van der Waals surface area contributed by atoms with E-state index in [1.807, 2.05) is 12.3 Å². The Balaban J connectivity index is 2.17. The maximum absolute atomic E-state index is 12.2. The number of hydrogen-bond donors (Lipinski definition) is 2. The van der Waals surface area contributed by atoms with Crippen LogP contribution in [0.3, 0.4) is 0 Å². The van der Waals surface area contributed by atoms with Crippen molar-refractivity contribution in [2.75, 3.05) is 6.61 Å². The number of nitrogens with zero attached hydrogens (tertiary/aromatic N) is 2. The van der Waals surface area contributed by atoms with Crippen LogP contribution in [0.15, 0.2) is 29.9 Å². The summed E-state index contributed by atoms with van der Waals surface area (Å²) in [6, 6.07) is 3.20. The zero-order chi connectivity index (χ0) is 14.4. The average Bonchev–Trinajstić information content (AvgIpc) is 2.99. The fourth-order valence-corrected chi connectivity index (χ4v) is 2.24. The molecule has 0 aliphatic heterocycles. The Labute approximate surface area is 120 Å². The molecule has 2 aromatic rings. The molecule has 0 spiro atoms. The lowest BCUT2D eigenvalue weighted by Crippen LogP contribution is -2.28. The summed E-state index contributed by atoms with van der Waals surface area (Å²) in [5.74, 6) is 4.92. The van der Waals surface area contributed by atoms with E-state index < -0.39 is 0 Å². The van der Waals surface area contributed by atoms with Crippen molar-refractivity contribution in [2.45, 2.75) is 13.0 Å². The number of carbonyl (C=O) groups is 1. The smallest absolute Gasteiger partial charge is 0.271 e. The van der Waals surface area contributed by atoms with Gasteiger partial charge in [-0.2, -0.15) is 0 Å². The number of aliphatic hydroxyl groups excluding tert-OH is 1. The van der Waals surface area contributed by atoms with Crippen molar-refractivity contribution in [3.05, 3.63) is 46.2 Å². The molecule has 0 fully saturated rings. The summed E-state index contributed by atoms with van der Waals surface area (Å²) in [4.78, 5) is 20.4. The van der Waals surface area contributed by atoms with Crippen molar-refractivity contribution in [1.82, 2.24) is 15.3 Å². The van der Waals surface area contributed by atoms with Gasteiger partial charge in [0, 0.05) is 17.8 Å². The lowest BCUT2D eigenvalue weighted by atomic mass is 10.2. The van der Waals surface area contributed by atoms with Crippen molar-refractivity contribution in [1.29, 1.82) is 0 Å². The van der Waals surface area contributed by atoms with E-state index in [1.54, 1.807) is 18.3 Å². The second-order valence-electron chi connectivity index (χ2n) is 3.92. The molecule has 0 saturated carbocycles. The van der Waals surface area contributed by atoms with Crippen LogP contribution in [0, 0.1) is 11.8 Å². The zero-order valence-corrected chi connectivity index (χ0v) is 11.6. The number of carbonyl (C=O) groups excluding carboxylic acids is 1. The second kappa shape index (κ2) is 6.80. The molecular weight excluding hydrogens is 274 g/mol. The third-order valence-corrected chi connectivity index (χ3v) is 3.45. The molecule has 0 aliphatic carbocycles. The van der Waals surface area contributed by atoms with Crippen molar-refractivity contribution in [3.8, 4) is 11.8 Å². The summed E-state index contributed by atoms with van der Waals surface area (Å²) in [5.41, 5.74) is 0.738. The number of aromatic nitrogens is 2. The first-order valence-electron chi connectivity index (χ1n) is 5.97. The lowest BCUT2D eigenvalue weighted by molar-refractivity contribution is 0.0934. The predicted molar refractivity (Wildman–Crippen MR) is 76.2 cm³/mol. The first kappa shape index (κ1) is 14.2. The summed E-state index contributed by atoms with van der Waals surface area (Å²) < 4.78 is 0. The Morgan fingerprint density at radius 2 is 2.35 bits per heavy atom. The van der Waals surface area contributed by atoms with E-state index in [4.69, 9.17) is 5.11 Å². The zero-order valence-electron chi connectivity index (χ0n) is 10.8. The maximum atomic E-state index is 12.2. The van der Waals surface area contributed by atoms with Crippen LogP contribution in [0.1, 0.15) is 34.0 Å². The molecule has 2 aromatic heterocycles. The average molecular weight is 287 g/mol. The van der Waals surface area contributed by atoms with E-state index in [-0.39, 0.29) is 24.2 Å². The van der Waals surface area contributed by atoms with Crippen LogP contribution in [-0.4, -0.2) is 27.6 Å². The van der Waals surface area contributed by atoms with Gasteiger partial charge in [-0.25, -0.2) is 9.97 Å². The fraction of sp³-hybridized carbons (Fsp3) is 0.214. The van der Waals surface area contributed by atoms with Crippen LogP contribution < -0.4 is 5.32 Å². The molecule has 1 unspecified atom stereocenters. The predicted octanol–water partition coefficient (Wildman–Crippen LogP) is 1.37. The third kappa shape index (κ3) is 3.41. The molecule has 0 aliphatic rings. The summed E-state index contributed by atoms with van der Waals surface area (Å²) >= 11 is 1.48. The van der Waals surface area contributed by atoms with Crippen LogP contribution in [0.5, 0.6) is 0 Å². The van der Waals surface area contributed by atoms with Crippen molar-refractivity contribution >= 4 is 17.2 Å². The van der Waals surface area contributed by atoms with Gasteiger partial charge in [0.15, 0.2) is 0 Å². The molecule has 1 amide bonds. The van der Waals surface area contributed by atoms with Crippen LogP contribution in [0.4, 0.5) is 0 Å². The van der Waals surface area contributed by atoms with Gasteiger partial charge in [-0.15, -0.1) is 11.3 Å². The Bertz CT molecular complexity index is 644. The van der Waals surface area contributed by atoms with Gasteiger partial charge in [-0.3, -0.25) is 4.79 Å². The van der Waals surface area contributed by atoms with E-state index in [9.17, 15) is 4.79 Å². The highest BCUT2D eigenvalue weighted by Gasteiger charge is 2.16. The molecule has 0 aromatic carbocycles. The van der Waals surface area contributed by atoms with Gasteiger partial charge in [0.1, 0.15) is 17.3 Å². The number of hydrogen-bond acceptors (Lipinski definition) is 5. The maximum Gasteiger partial charge on any atom is 0.271 e. The van der Waals surface area contributed by atoms with Crippen molar-refractivity contribution in [3.63, 3.8) is 0 Å². The van der Waals surface area contributed by atoms with E-state index in [2.05, 4.69) is 27.1 Å². The van der Waals surface area contributed by atoms with Gasteiger partial charge >= 0.3 is 0 Å². The van der Waals surface area contributed by atoms with Crippen LogP contribution in [-0.2, 0) is 0 Å². The van der Waals surface area contributed by atoms with E-state index in [0.29, 0.717) is 5.56 Å². The largest absolute Gasteiger partial charge is 0.384 e. The van der Waals surface area contributed by atoms with E-state index in [1.165, 1.54) is 17.5 Å². The standard InChI is InChI=1S/C14H13N3O2S/c1-10(14-16-7-9-20-14)17-13(19)12-11(5-3-8-18)4-2-6-15-12/h2,4,6-7,9-10,18H,8H2,1H3,(H,17,19). The minimum atomic E-state index is -0.310. The Kier molecular flexibility index (Phi) is 4.82. The topological polar surface area (TPSA) is 75.1 Å². The number of amides is 1. The number of nitrogens with one attached hydrogen (secondary N) is 1. The van der Waals surface area contributed by atoms with Crippen molar-refractivity contribution in [2.24, 2.45) is 0 Å². The van der Waals surface area contributed by atoms with Crippen molar-refractivity contribution < 1.29 is 9.90 Å². The highest BCUT2D eigenvalue weighted by atomic mass is 32.1. The number of rotatable bonds is 3. The molecule has 2 rings (SSSR count). The lowest BCUT2D eigenvalue weighted by Gasteiger charge is -2.11. The quantitative estimate of drug-likeness (QED) is 0.836. The Morgan fingerprint density at radius 1 is 1.50 bits per heavy atom. The second-order valence-corrected chi connectivity index (χ2v) is 4.85. The molecule has 0 saturated heterocycles. The van der Waals surface area contributed by atoms with Gasteiger partial charge in [0.2, 0.25) is 0 Å². The van der Waals surface area contributed by atoms with Crippen LogP contribution >= 0.6 is 11.3 Å². The molecule has 6 heteroatoms. The first-order chi connectivity index (χ1) is 9.72. The molecule has 102 valence electrons. The van der Waals surface area contributed by atoms with Crippen LogP contribution in [0.2, 0.25) is 0 Å². The molecule has 5 nitrogen and oxygen atoms in total. The van der Waals surface area contributed by atoms with Gasteiger partial charge < -0.3 is 10.4 Å². The van der Waals surface area contributed by atoms with Gasteiger partial charge in [0.05, 0.1) is 11.6 Å². The summed E-state index contributed by atoms with van der Waals surface area (Å²) in [5, 5.41) is 14.2. The minimum Gasteiger partial charge on any atom is -0.384 e. The minimum absolute atomic E-state index is 0.192. The normalized spacial score (nSPS) is 11.3. The van der Waals surface area contributed by atoms with Gasteiger partial charge in [-0.1, -0.05) is 11.8 Å². The molecular formula is C14H13N3O2S. The molecule has 0 radical (unpaired) electrons. The number of thiazole rings is 1. The van der Waals surface area contributed by atoms with E-state index in [0.717, 1.165) is 5.01 Å². The Hall–Kier alpha value is -2.23. The molecule has 2 heterocycles. The number of aliphatic hydroxyl groups is 1.